The molecule has 0 aliphatic rings. The van der Waals surface area contributed by atoms with Crippen LogP contribution in [0.15, 0.2) is 30.6 Å². The molecular formula is C10H11N3O. The van der Waals surface area contributed by atoms with Gasteiger partial charge in [-0.25, -0.2) is 4.98 Å². The highest BCUT2D eigenvalue weighted by atomic mass is 16.1. The Morgan fingerprint density at radius 1 is 1.50 bits per heavy atom. The lowest BCUT2D eigenvalue weighted by Crippen LogP contribution is -2.14. The molecule has 0 aliphatic carbocycles. The number of carbonyl (C=O) groups is 1. The summed E-state index contributed by atoms with van der Waals surface area (Å²) < 4.78 is 1.97. The molecule has 14 heavy (non-hydrogen) atoms. The monoisotopic (exact) mass is 189 g/mol. The number of fused-ring (bicyclic) bond motifs is 1. The van der Waals surface area contributed by atoms with Crippen molar-refractivity contribution in [2.45, 2.75) is 6.42 Å². The predicted octanol–water partition coefficient (Wildman–Crippen LogP) is 0.623. The van der Waals surface area contributed by atoms with Gasteiger partial charge in [0.05, 0.1) is 5.69 Å². The van der Waals surface area contributed by atoms with Gasteiger partial charge in [-0.1, -0.05) is 6.07 Å². The number of aromatic nitrogens is 2. The minimum Gasteiger partial charge on any atom is -0.358 e. The molecule has 1 N–H and O–H groups in total. The van der Waals surface area contributed by atoms with Crippen molar-refractivity contribution >= 4 is 12.1 Å². The maximum atomic E-state index is 10.0. The van der Waals surface area contributed by atoms with Crippen LogP contribution in [0.2, 0.25) is 0 Å². The molecule has 2 aromatic rings. The fourth-order valence-electron chi connectivity index (χ4n) is 1.37. The molecule has 0 unspecified atom stereocenters. The van der Waals surface area contributed by atoms with Crippen molar-refractivity contribution in [3.63, 3.8) is 0 Å². The number of pyridine rings is 1. The number of carbonyl (C=O) groups excluding carboxylic acids is 1. The number of imidazole rings is 1. The minimum absolute atomic E-state index is 0.632. The zero-order valence-electron chi connectivity index (χ0n) is 7.68. The standard InChI is InChI=1S/C10H11N3O/c14-8-11-5-4-9-7-13-6-2-1-3-10(13)12-9/h1-3,6-8H,4-5H2,(H,11,14). The van der Waals surface area contributed by atoms with Crippen LogP contribution in [0.3, 0.4) is 0 Å². The highest BCUT2D eigenvalue weighted by Crippen LogP contribution is 2.04. The topological polar surface area (TPSA) is 46.4 Å². The van der Waals surface area contributed by atoms with Crippen LogP contribution in [0, 0.1) is 0 Å². The second kappa shape index (κ2) is 3.91. The third-order valence-corrected chi connectivity index (χ3v) is 2.02. The fourth-order valence-corrected chi connectivity index (χ4v) is 1.37. The Morgan fingerprint density at radius 2 is 2.43 bits per heavy atom. The molecule has 4 heteroatoms. The average molecular weight is 189 g/mol. The summed E-state index contributed by atoms with van der Waals surface area (Å²) >= 11 is 0. The van der Waals surface area contributed by atoms with E-state index >= 15 is 0 Å². The first-order valence-corrected chi connectivity index (χ1v) is 4.50. The Bertz CT molecular complexity index is 403. The van der Waals surface area contributed by atoms with Crippen LogP contribution < -0.4 is 5.32 Å². The Labute approximate surface area is 81.6 Å². The minimum atomic E-state index is 0.632. The Kier molecular flexibility index (Phi) is 2.44. The first-order valence-electron chi connectivity index (χ1n) is 4.50. The van der Waals surface area contributed by atoms with E-state index < -0.39 is 0 Å². The van der Waals surface area contributed by atoms with Crippen LogP contribution in [0.1, 0.15) is 5.69 Å². The summed E-state index contributed by atoms with van der Waals surface area (Å²) in [4.78, 5) is 14.4. The maximum Gasteiger partial charge on any atom is 0.207 e. The van der Waals surface area contributed by atoms with Crippen molar-refractivity contribution in [2.24, 2.45) is 0 Å². The molecule has 72 valence electrons. The molecule has 2 aromatic heterocycles. The van der Waals surface area contributed by atoms with E-state index in [0.29, 0.717) is 13.0 Å². The van der Waals surface area contributed by atoms with Crippen LogP contribution in [0.25, 0.3) is 5.65 Å². The number of nitrogens with one attached hydrogen (secondary N) is 1. The lowest BCUT2D eigenvalue weighted by molar-refractivity contribution is -0.109. The number of hydrogen-bond acceptors (Lipinski definition) is 2. The van der Waals surface area contributed by atoms with Crippen molar-refractivity contribution in [2.75, 3.05) is 6.54 Å². The summed E-state index contributed by atoms with van der Waals surface area (Å²) in [5.74, 6) is 0. The van der Waals surface area contributed by atoms with Crippen molar-refractivity contribution in [3.05, 3.63) is 36.3 Å². The van der Waals surface area contributed by atoms with Gasteiger partial charge in [-0.3, -0.25) is 4.79 Å². The predicted molar refractivity (Wildman–Crippen MR) is 53.0 cm³/mol. The van der Waals surface area contributed by atoms with Crippen LogP contribution in [0.5, 0.6) is 0 Å². The van der Waals surface area contributed by atoms with E-state index in [-0.39, 0.29) is 0 Å². The molecular weight excluding hydrogens is 178 g/mol. The number of nitrogens with zero attached hydrogens (tertiary/aromatic N) is 2. The van der Waals surface area contributed by atoms with E-state index in [1.807, 2.05) is 35.0 Å². The molecule has 0 spiro atoms. The van der Waals surface area contributed by atoms with Crippen LogP contribution >= 0.6 is 0 Å². The van der Waals surface area contributed by atoms with E-state index in [0.717, 1.165) is 17.8 Å². The SMILES string of the molecule is O=CNCCc1cn2ccccc2n1. The van der Waals surface area contributed by atoms with Gasteiger partial charge in [-0.05, 0) is 12.1 Å². The lowest BCUT2D eigenvalue weighted by atomic mass is 10.3. The third kappa shape index (κ3) is 1.74. The summed E-state index contributed by atoms with van der Waals surface area (Å²) in [5.41, 5.74) is 1.93. The van der Waals surface area contributed by atoms with Crippen molar-refractivity contribution in [3.8, 4) is 0 Å². The first-order chi connectivity index (χ1) is 6.90. The lowest BCUT2D eigenvalue weighted by Gasteiger charge is -1.92. The van der Waals surface area contributed by atoms with Gasteiger partial charge in [0.1, 0.15) is 5.65 Å². The largest absolute Gasteiger partial charge is 0.358 e. The second-order valence-corrected chi connectivity index (χ2v) is 3.02. The fraction of sp³-hybridized carbons (Fsp3) is 0.200. The zero-order chi connectivity index (χ0) is 9.80. The molecule has 0 bridgehead atoms. The van der Waals surface area contributed by atoms with Gasteiger partial charge in [0.15, 0.2) is 0 Å². The molecule has 0 aliphatic heterocycles. The van der Waals surface area contributed by atoms with E-state index in [1.165, 1.54) is 0 Å². The molecule has 1 amide bonds. The van der Waals surface area contributed by atoms with Gasteiger partial charge in [-0.15, -0.1) is 0 Å². The van der Waals surface area contributed by atoms with E-state index in [4.69, 9.17) is 0 Å². The smallest absolute Gasteiger partial charge is 0.207 e. The maximum absolute atomic E-state index is 10.0. The molecule has 0 fully saturated rings. The van der Waals surface area contributed by atoms with E-state index in [9.17, 15) is 4.79 Å². The van der Waals surface area contributed by atoms with Gasteiger partial charge < -0.3 is 9.72 Å². The van der Waals surface area contributed by atoms with Crippen molar-refractivity contribution in [1.82, 2.24) is 14.7 Å². The average Bonchev–Trinajstić information content (AvgIpc) is 2.60. The zero-order valence-corrected chi connectivity index (χ0v) is 7.68. The summed E-state index contributed by atoms with van der Waals surface area (Å²) in [6, 6.07) is 5.87. The van der Waals surface area contributed by atoms with Crippen molar-refractivity contribution in [1.29, 1.82) is 0 Å². The van der Waals surface area contributed by atoms with E-state index in [1.54, 1.807) is 0 Å². The van der Waals surface area contributed by atoms with Gasteiger partial charge in [0.2, 0.25) is 6.41 Å². The van der Waals surface area contributed by atoms with Crippen LogP contribution in [-0.4, -0.2) is 22.3 Å². The van der Waals surface area contributed by atoms with Gasteiger partial charge in [0, 0.05) is 25.4 Å². The van der Waals surface area contributed by atoms with Gasteiger partial charge in [0.25, 0.3) is 0 Å². The molecule has 0 atom stereocenters. The Morgan fingerprint density at radius 3 is 3.21 bits per heavy atom. The van der Waals surface area contributed by atoms with Crippen molar-refractivity contribution < 1.29 is 4.79 Å². The molecule has 2 heterocycles. The highest BCUT2D eigenvalue weighted by Gasteiger charge is 1.99. The highest BCUT2D eigenvalue weighted by molar-refractivity contribution is 5.46. The summed E-state index contributed by atoms with van der Waals surface area (Å²) in [5, 5.41) is 2.61. The Hall–Kier alpha value is -1.84. The van der Waals surface area contributed by atoms with Crippen LogP contribution in [-0.2, 0) is 11.2 Å². The second-order valence-electron chi connectivity index (χ2n) is 3.02. The molecule has 0 saturated carbocycles. The number of amides is 1. The quantitative estimate of drug-likeness (QED) is 0.566. The molecule has 2 rings (SSSR count). The summed E-state index contributed by atoms with van der Waals surface area (Å²) in [6.07, 6.45) is 5.40. The molecule has 0 saturated heterocycles. The first kappa shape index (κ1) is 8.74. The van der Waals surface area contributed by atoms with Gasteiger partial charge in [-0.2, -0.15) is 0 Å². The molecule has 0 aromatic carbocycles. The normalized spacial score (nSPS) is 10.3. The van der Waals surface area contributed by atoms with Crippen LogP contribution in [0.4, 0.5) is 0 Å². The van der Waals surface area contributed by atoms with E-state index in [2.05, 4.69) is 10.3 Å². The number of hydrogen-bond donors (Lipinski definition) is 1. The molecule has 0 radical (unpaired) electrons. The van der Waals surface area contributed by atoms with Gasteiger partial charge >= 0.3 is 0 Å². The summed E-state index contributed by atoms with van der Waals surface area (Å²) in [7, 11) is 0. The summed E-state index contributed by atoms with van der Waals surface area (Å²) in [6.45, 7) is 0.632. The number of rotatable bonds is 4. The third-order valence-electron chi connectivity index (χ3n) is 2.02. The Balaban J connectivity index is 2.14. The molecule has 4 nitrogen and oxygen atoms in total.